The molecule has 162 valence electrons. The van der Waals surface area contributed by atoms with E-state index in [1.165, 1.54) is 4.31 Å². The van der Waals surface area contributed by atoms with Crippen LogP contribution in [0.5, 0.6) is 5.75 Å². The first-order chi connectivity index (χ1) is 14.3. The van der Waals surface area contributed by atoms with Gasteiger partial charge in [0, 0.05) is 18.2 Å². The minimum Gasteiger partial charge on any atom is -0.484 e. The molecule has 7 nitrogen and oxygen atoms in total. The van der Waals surface area contributed by atoms with Gasteiger partial charge in [-0.3, -0.25) is 9.10 Å². The summed E-state index contributed by atoms with van der Waals surface area (Å²) in [5, 5.41) is 3.29. The van der Waals surface area contributed by atoms with E-state index in [1.54, 1.807) is 42.5 Å². The van der Waals surface area contributed by atoms with E-state index in [1.807, 2.05) is 6.07 Å². The second-order valence-corrected chi connectivity index (χ2v) is 9.40. The Kier molecular flexibility index (Phi) is 7.58. The highest BCUT2D eigenvalue weighted by atomic mass is 35.5. The van der Waals surface area contributed by atoms with Gasteiger partial charge in [0.15, 0.2) is 6.61 Å². The molecule has 1 fully saturated rings. The summed E-state index contributed by atoms with van der Waals surface area (Å²) in [7, 11) is -3.53. The van der Waals surface area contributed by atoms with Crippen LogP contribution in [0.15, 0.2) is 48.5 Å². The topological polar surface area (TPSA) is 84.9 Å². The molecule has 0 aromatic heterocycles. The summed E-state index contributed by atoms with van der Waals surface area (Å²) in [5.41, 5.74) is 1.18. The van der Waals surface area contributed by atoms with Crippen molar-refractivity contribution in [2.45, 2.75) is 25.5 Å². The lowest BCUT2D eigenvalue weighted by Gasteiger charge is -2.23. The molecule has 0 bridgehead atoms. The first-order valence-electron chi connectivity index (χ1n) is 9.65. The van der Waals surface area contributed by atoms with Crippen LogP contribution in [0.3, 0.4) is 0 Å². The fourth-order valence-corrected chi connectivity index (χ4v) is 4.20. The molecule has 0 spiro atoms. The Hall–Kier alpha value is -2.29. The molecule has 1 N–H and O–H groups in total. The Balaban J connectivity index is 1.59. The summed E-state index contributed by atoms with van der Waals surface area (Å²) in [5.74, 6) is 0.239. The quantitative estimate of drug-likeness (QED) is 0.632. The number of carbonyl (C=O) groups is 1. The van der Waals surface area contributed by atoms with Crippen LogP contribution in [-0.4, -0.2) is 46.4 Å². The van der Waals surface area contributed by atoms with Gasteiger partial charge in [-0.05, 0) is 48.7 Å². The molecule has 1 aliphatic heterocycles. The van der Waals surface area contributed by atoms with Crippen molar-refractivity contribution in [2.24, 2.45) is 0 Å². The largest absolute Gasteiger partial charge is 0.484 e. The van der Waals surface area contributed by atoms with Crippen molar-refractivity contribution in [1.82, 2.24) is 5.32 Å². The maximum atomic E-state index is 12.3. The van der Waals surface area contributed by atoms with Gasteiger partial charge in [-0.1, -0.05) is 29.8 Å². The number of nitrogens with one attached hydrogen (secondary N) is 1. The summed E-state index contributed by atoms with van der Waals surface area (Å²) < 4.78 is 36.9. The first-order valence-corrected chi connectivity index (χ1v) is 11.9. The second-order valence-electron chi connectivity index (χ2n) is 7.08. The maximum absolute atomic E-state index is 12.3. The van der Waals surface area contributed by atoms with E-state index < -0.39 is 10.0 Å². The summed E-state index contributed by atoms with van der Waals surface area (Å²) in [6.07, 6.45) is 3.19. The molecule has 1 heterocycles. The zero-order valence-corrected chi connectivity index (χ0v) is 18.3. The van der Waals surface area contributed by atoms with Gasteiger partial charge in [0.05, 0.1) is 24.6 Å². The van der Waals surface area contributed by atoms with Crippen molar-refractivity contribution >= 4 is 33.2 Å². The fourth-order valence-electron chi connectivity index (χ4n) is 3.12. The Morgan fingerprint density at radius 3 is 2.60 bits per heavy atom. The average molecular weight is 453 g/mol. The molecule has 0 saturated carbocycles. The van der Waals surface area contributed by atoms with Crippen LogP contribution in [0.1, 0.15) is 18.4 Å². The van der Waals surface area contributed by atoms with Crippen LogP contribution in [0.4, 0.5) is 5.69 Å². The molecule has 0 radical (unpaired) electrons. The molecular weight excluding hydrogens is 428 g/mol. The minimum atomic E-state index is -3.53. The third kappa shape index (κ3) is 6.35. The number of halogens is 1. The number of amides is 1. The number of anilines is 1. The first kappa shape index (κ1) is 22.4. The molecule has 0 unspecified atom stereocenters. The highest BCUT2D eigenvalue weighted by Gasteiger charge is 2.19. The highest BCUT2D eigenvalue weighted by Crippen LogP contribution is 2.26. The molecule has 1 amide bonds. The standard InChI is InChI=1S/C21H25ClN2O5S/c1-30(26,27)24(14-16-5-2-3-7-20(16)22)17-8-10-18(11-9-17)29-15-21(25)23-13-19-6-4-12-28-19/h2-3,5,7-11,19H,4,6,12-15H2,1H3,(H,23,25)/t19-/m1/s1. The van der Waals surface area contributed by atoms with Gasteiger partial charge in [0.2, 0.25) is 10.0 Å². The molecule has 3 rings (SSSR count). The number of sulfonamides is 1. The predicted molar refractivity (Wildman–Crippen MR) is 116 cm³/mol. The van der Waals surface area contributed by atoms with Gasteiger partial charge < -0.3 is 14.8 Å². The van der Waals surface area contributed by atoms with Crippen molar-refractivity contribution in [3.8, 4) is 5.75 Å². The van der Waals surface area contributed by atoms with E-state index in [9.17, 15) is 13.2 Å². The lowest BCUT2D eigenvalue weighted by atomic mass is 10.2. The smallest absolute Gasteiger partial charge is 0.258 e. The number of hydrogen-bond donors (Lipinski definition) is 1. The number of hydrogen-bond acceptors (Lipinski definition) is 5. The average Bonchev–Trinajstić information content (AvgIpc) is 3.23. The molecule has 0 aliphatic carbocycles. The Bertz CT molecular complexity index is 960. The number of benzene rings is 2. The molecule has 9 heteroatoms. The maximum Gasteiger partial charge on any atom is 0.258 e. The Morgan fingerprint density at radius 2 is 1.97 bits per heavy atom. The molecule has 30 heavy (non-hydrogen) atoms. The van der Waals surface area contributed by atoms with Crippen LogP contribution in [0.2, 0.25) is 5.02 Å². The van der Waals surface area contributed by atoms with Crippen LogP contribution < -0.4 is 14.4 Å². The third-order valence-electron chi connectivity index (χ3n) is 4.72. The van der Waals surface area contributed by atoms with E-state index in [2.05, 4.69) is 5.32 Å². The zero-order chi connectivity index (χ0) is 21.6. The number of ether oxygens (including phenoxy) is 2. The highest BCUT2D eigenvalue weighted by molar-refractivity contribution is 7.92. The number of carbonyl (C=O) groups excluding carboxylic acids is 1. The second kappa shape index (κ2) is 10.1. The van der Waals surface area contributed by atoms with E-state index in [-0.39, 0.29) is 25.2 Å². The summed E-state index contributed by atoms with van der Waals surface area (Å²) >= 11 is 6.18. The molecule has 1 saturated heterocycles. The van der Waals surface area contributed by atoms with Crippen LogP contribution >= 0.6 is 11.6 Å². The van der Waals surface area contributed by atoms with Gasteiger partial charge in [-0.25, -0.2) is 8.42 Å². The van der Waals surface area contributed by atoms with Crippen LogP contribution in [0.25, 0.3) is 0 Å². The van der Waals surface area contributed by atoms with Gasteiger partial charge in [-0.15, -0.1) is 0 Å². The molecule has 1 aliphatic rings. The minimum absolute atomic E-state index is 0.0772. The van der Waals surface area contributed by atoms with Gasteiger partial charge in [0.1, 0.15) is 5.75 Å². The fraction of sp³-hybridized carbons (Fsp3) is 0.381. The van der Waals surface area contributed by atoms with Crippen molar-refractivity contribution in [3.63, 3.8) is 0 Å². The van der Waals surface area contributed by atoms with E-state index in [0.29, 0.717) is 28.6 Å². The zero-order valence-electron chi connectivity index (χ0n) is 16.7. The number of nitrogens with zero attached hydrogens (tertiary/aromatic N) is 1. The van der Waals surface area contributed by atoms with Crippen molar-refractivity contribution in [1.29, 1.82) is 0 Å². The normalized spacial score (nSPS) is 16.3. The van der Waals surface area contributed by atoms with E-state index >= 15 is 0 Å². The SMILES string of the molecule is CS(=O)(=O)N(Cc1ccccc1Cl)c1ccc(OCC(=O)NC[C@H]2CCCO2)cc1. The third-order valence-corrected chi connectivity index (χ3v) is 6.23. The molecule has 2 aromatic rings. The molecular formula is C21H25ClN2O5S. The van der Waals surface area contributed by atoms with Crippen molar-refractivity contribution in [3.05, 3.63) is 59.1 Å². The Labute approximate surface area is 182 Å². The molecule has 1 atom stereocenters. The lowest BCUT2D eigenvalue weighted by molar-refractivity contribution is -0.123. The van der Waals surface area contributed by atoms with Crippen LogP contribution in [-0.2, 0) is 26.1 Å². The van der Waals surface area contributed by atoms with Gasteiger partial charge in [-0.2, -0.15) is 0 Å². The Morgan fingerprint density at radius 1 is 1.23 bits per heavy atom. The summed E-state index contributed by atoms with van der Waals surface area (Å²) in [6.45, 7) is 1.21. The predicted octanol–water partition coefficient (Wildman–Crippen LogP) is 2.98. The van der Waals surface area contributed by atoms with Crippen molar-refractivity contribution in [2.75, 3.05) is 30.3 Å². The molecule has 2 aromatic carbocycles. The van der Waals surface area contributed by atoms with Gasteiger partial charge in [0.25, 0.3) is 5.91 Å². The van der Waals surface area contributed by atoms with Crippen molar-refractivity contribution < 1.29 is 22.7 Å². The number of rotatable bonds is 9. The van der Waals surface area contributed by atoms with Crippen LogP contribution in [0, 0.1) is 0 Å². The summed E-state index contributed by atoms with van der Waals surface area (Å²) in [6, 6.07) is 13.6. The monoisotopic (exact) mass is 452 g/mol. The lowest BCUT2D eigenvalue weighted by Crippen LogP contribution is -2.35. The summed E-state index contributed by atoms with van der Waals surface area (Å²) in [4.78, 5) is 11.9. The van der Waals surface area contributed by atoms with Gasteiger partial charge >= 0.3 is 0 Å². The van der Waals surface area contributed by atoms with E-state index in [0.717, 1.165) is 25.7 Å². The van der Waals surface area contributed by atoms with E-state index in [4.69, 9.17) is 21.1 Å².